The molecule has 1 atom stereocenters. The summed E-state index contributed by atoms with van der Waals surface area (Å²) in [7, 11) is 1.72. The third kappa shape index (κ3) is 5.46. The lowest BCUT2D eigenvalue weighted by Gasteiger charge is -2.33. The molecule has 2 aromatic heterocycles. The van der Waals surface area contributed by atoms with Crippen LogP contribution in [0.4, 0.5) is 0 Å². The maximum atomic E-state index is 13.0. The molecule has 0 saturated carbocycles. The molecule has 1 amide bonds. The molecule has 0 radical (unpaired) electrons. The van der Waals surface area contributed by atoms with E-state index in [1.165, 1.54) is 33.3 Å². The lowest BCUT2D eigenvalue weighted by atomic mass is 9.87. The molecule has 3 aromatic rings. The van der Waals surface area contributed by atoms with Gasteiger partial charge in [-0.15, -0.1) is 0 Å². The van der Waals surface area contributed by atoms with E-state index < -0.39 is 0 Å². The summed E-state index contributed by atoms with van der Waals surface area (Å²) >= 11 is 0. The summed E-state index contributed by atoms with van der Waals surface area (Å²) < 4.78 is 5.34. The zero-order valence-electron chi connectivity index (χ0n) is 23.1. The molecule has 5 rings (SSSR count). The van der Waals surface area contributed by atoms with Crippen molar-refractivity contribution in [2.45, 2.75) is 71.3 Å². The second kappa shape index (κ2) is 11.0. The molecule has 0 unspecified atom stereocenters. The Morgan fingerprint density at radius 3 is 2.49 bits per heavy atom. The highest BCUT2D eigenvalue weighted by atomic mass is 16.5. The predicted octanol–water partition coefficient (Wildman–Crippen LogP) is 5.79. The number of aromatic nitrogens is 2. The number of piperidine rings is 1. The normalized spacial score (nSPS) is 19.4. The van der Waals surface area contributed by atoms with Gasteiger partial charge in [-0.2, -0.15) is 0 Å². The van der Waals surface area contributed by atoms with Crippen molar-refractivity contribution in [2.75, 3.05) is 39.9 Å². The number of aromatic amines is 1. The summed E-state index contributed by atoms with van der Waals surface area (Å²) in [6, 6.07) is 11.6. The van der Waals surface area contributed by atoms with E-state index in [1.807, 2.05) is 4.90 Å². The summed E-state index contributed by atoms with van der Waals surface area (Å²) in [5.74, 6) is 1.21. The van der Waals surface area contributed by atoms with E-state index >= 15 is 0 Å². The predicted molar refractivity (Wildman–Crippen MR) is 150 cm³/mol. The van der Waals surface area contributed by atoms with Crippen molar-refractivity contribution >= 4 is 16.8 Å². The van der Waals surface area contributed by atoms with E-state index in [1.54, 1.807) is 7.11 Å². The number of carbonyl (C=O) groups is 1. The highest BCUT2D eigenvalue weighted by Crippen LogP contribution is 2.38. The summed E-state index contributed by atoms with van der Waals surface area (Å²) in [4.78, 5) is 25.7. The number of rotatable bonds is 7. The Hall–Kier alpha value is -2.70. The first kappa shape index (κ1) is 25.9. The van der Waals surface area contributed by atoms with Crippen LogP contribution in [0.25, 0.3) is 22.2 Å². The average Bonchev–Trinajstić information content (AvgIpc) is 3.48. The Morgan fingerprint density at radius 1 is 1.08 bits per heavy atom. The third-order valence-electron chi connectivity index (χ3n) is 8.28. The molecule has 1 N–H and O–H groups in total. The number of methoxy groups -OCH3 is 1. The van der Waals surface area contributed by atoms with Crippen LogP contribution < -0.4 is 0 Å². The van der Waals surface area contributed by atoms with Crippen LogP contribution in [0.3, 0.4) is 0 Å². The molecule has 0 bridgehead atoms. The summed E-state index contributed by atoms with van der Waals surface area (Å²) in [6.45, 7) is 12.7. The van der Waals surface area contributed by atoms with Gasteiger partial charge in [0.2, 0.25) is 5.91 Å². The van der Waals surface area contributed by atoms with Crippen LogP contribution in [0.5, 0.6) is 0 Å². The molecule has 2 fully saturated rings. The fourth-order valence-electron chi connectivity index (χ4n) is 6.53. The van der Waals surface area contributed by atoms with E-state index in [4.69, 9.17) is 4.74 Å². The molecule has 6 nitrogen and oxygen atoms in total. The van der Waals surface area contributed by atoms with E-state index in [9.17, 15) is 4.79 Å². The number of hydrogen-bond acceptors (Lipinski definition) is 4. The fraction of sp³-hybridized carbons (Fsp3) is 0.548. The highest BCUT2D eigenvalue weighted by Gasteiger charge is 2.31. The van der Waals surface area contributed by atoms with Crippen LogP contribution >= 0.6 is 0 Å². The van der Waals surface area contributed by atoms with E-state index in [-0.39, 0.29) is 11.9 Å². The number of hydrogen-bond donors (Lipinski definition) is 1. The van der Waals surface area contributed by atoms with Crippen molar-refractivity contribution in [3.8, 4) is 11.3 Å². The van der Waals surface area contributed by atoms with Crippen LogP contribution in [0.1, 0.15) is 73.9 Å². The van der Waals surface area contributed by atoms with Gasteiger partial charge in [0.15, 0.2) is 0 Å². The molecule has 2 aliphatic heterocycles. The van der Waals surface area contributed by atoms with Gasteiger partial charge in [-0.25, -0.2) is 0 Å². The SMILES string of the molecule is COC[C@@H]1CCCN1C(=O)CN1CCC(c2ccc3[nH]c(-c4cc(C)nc(C)c4)c(C(C)C)c3c2)CC1. The molecule has 4 heterocycles. The number of aryl methyl sites for hydroxylation is 2. The number of nitrogens with one attached hydrogen (secondary N) is 1. The maximum Gasteiger partial charge on any atom is 0.237 e. The number of H-pyrrole nitrogens is 1. The third-order valence-corrected chi connectivity index (χ3v) is 8.28. The monoisotopic (exact) mass is 502 g/mol. The zero-order valence-corrected chi connectivity index (χ0v) is 23.1. The smallest absolute Gasteiger partial charge is 0.237 e. The quantitative estimate of drug-likeness (QED) is 0.444. The molecule has 6 heteroatoms. The number of ether oxygens (including phenoxy) is 1. The van der Waals surface area contributed by atoms with Crippen molar-refractivity contribution in [3.63, 3.8) is 0 Å². The molecule has 2 saturated heterocycles. The summed E-state index contributed by atoms with van der Waals surface area (Å²) in [5.41, 5.74) is 8.55. The lowest BCUT2D eigenvalue weighted by Crippen LogP contribution is -2.46. The van der Waals surface area contributed by atoms with Crippen molar-refractivity contribution in [2.24, 2.45) is 0 Å². The minimum Gasteiger partial charge on any atom is -0.383 e. The minimum absolute atomic E-state index is 0.253. The zero-order chi connectivity index (χ0) is 26.1. The van der Waals surface area contributed by atoms with Gasteiger partial charge < -0.3 is 14.6 Å². The van der Waals surface area contributed by atoms with E-state index in [2.05, 4.69) is 72.9 Å². The Kier molecular flexibility index (Phi) is 7.68. The Labute approximate surface area is 221 Å². The standard InChI is InChI=1S/C31H42N4O2/c1-20(2)30-27-17-24(8-9-28(27)33-31(30)25-15-21(3)32-22(4)16-25)23-10-13-34(14-11-23)18-29(36)35-12-6-7-26(35)19-37-5/h8-9,15-17,20,23,26,33H,6-7,10-14,18-19H2,1-5H3/t26-/m0/s1. The first-order chi connectivity index (χ1) is 17.8. The van der Waals surface area contributed by atoms with Gasteiger partial charge in [0.05, 0.1) is 24.9 Å². The van der Waals surface area contributed by atoms with Crippen LogP contribution in [0.2, 0.25) is 0 Å². The van der Waals surface area contributed by atoms with Crippen LogP contribution in [0, 0.1) is 13.8 Å². The fourth-order valence-corrected chi connectivity index (χ4v) is 6.53. The van der Waals surface area contributed by atoms with E-state index in [0.717, 1.165) is 56.7 Å². The molecule has 0 aliphatic carbocycles. The van der Waals surface area contributed by atoms with Crippen LogP contribution in [0.15, 0.2) is 30.3 Å². The largest absolute Gasteiger partial charge is 0.383 e. The van der Waals surface area contributed by atoms with Crippen LogP contribution in [-0.4, -0.2) is 71.6 Å². The highest BCUT2D eigenvalue weighted by molar-refractivity contribution is 5.92. The first-order valence-corrected chi connectivity index (χ1v) is 14.0. The van der Waals surface area contributed by atoms with E-state index in [0.29, 0.717) is 25.0 Å². The molecular formula is C31H42N4O2. The van der Waals surface area contributed by atoms with Gasteiger partial charge in [0.1, 0.15) is 0 Å². The molecular weight excluding hydrogens is 460 g/mol. The van der Waals surface area contributed by atoms with Crippen molar-refractivity contribution in [1.82, 2.24) is 19.8 Å². The average molecular weight is 503 g/mol. The number of benzene rings is 1. The topological polar surface area (TPSA) is 61.5 Å². The summed E-state index contributed by atoms with van der Waals surface area (Å²) in [6.07, 6.45) is 4.34. The second-order valence-corrected chi connectivity index (χ2v) is 11.4. The number of amides is 1. The first-order valence-electron chi connectivity index (χ1n) is 14.0. The van der Waals surface area contributed by atoms with Crippen LogP contribution in [-0.2, 0) is 9.53 Å². The molecule has 0 spiro atoms. The van der Waals surface area contributed by atoms with Gasteiger partial charge in [-0.1, -0.05) is 19.9 Å². The Morgan fingerprint density at radius 2 is 1.81 bits per heavy atom. The second-order valence-electron chi connectivity index (χ2n) is 11.4. The number of carbonyl (C=O) groups excluding carboxylic acids is 1. The Bertz CT molecular complexity index is 1240. The van der Waals surface area contributed by atoms with Gasteiger partial charge in [-0.3, -0.25) is 14.7 Å². The van der Waals surface area contributed by atoms with Gasteiger partial charge in [0, 0.05) is 41.5 Å². The summed E-state index contributed by atoms with van der Waals surface area (Å²) in [5, 5.41) is 1.34. The van der Waals surface area contributed by atoms with Crippen molar-refractivity contribution < 1.29 is 9.53 Å². The molecule has 1 aromatic carbocycles. The molecule has 2 aliphatic rings. The maximum absolute atomic E-state index is 13.0. The van der Waals surface area contributed by atoms with Gasteiger partial charge in [-0.05, 0) is 99.8 Å². The Balaban J connectivity index is 1.30. The molecule has 198 valence electrons. The number of nitrogens with zero attached hydrogens (tertiary/aromatic N) is 3. The number of pyridine rings is 1. The number of likely N-dealkylation sites (tertiary alicyclic amines) is 2. The minimum atomic E-state index is 0.253. The van der Waals surface area contributed by atoms with Gasteiger partial charge >= 0.3 is 0 Å². The van der Waals surface area contributed by atoms with Gasteiger partial charge in [0.25, 0.3) is 0 Å². The van der Waals surface area contributed by atoms with Crippen molar-refractivity contribution in [3.05, 3.63) is 52.8 Å². The molecule has 37 heavy (non-hydrogen) atoms. The number of fused-ring (bicyclic) bond motifs is 1. The van der Waals surface area contributed by atoms with Crippen molar-refractivity contribution in [1.29, 1.82) is 0 Å². The lowest BCUT2D eigenvalue weighted by molar-refractivity contribution is -0.134.